The van der Waals surface area contributed by atoms with Crippen molar-refractivity contribution in [3.8, 4) is 0 Å². The van der Waals surface area contributed by atoms with Crippen molar-refractivity contribution in [2.75, 3.05) is 5.32 Å². The summed E-state index contributed by atoms with van der Waals surface area (Å²) in [7, 11) is 0. The third-order valence-corrected chi connectivity index (χ3v) is 4.04. The summed E-state index contributed by atoms with van der Waals surface area (Å²) in [5.41, 5.74) is 2.22. The van der Waals surface area contributed by atoms with Gasteiger partial charge in [-0.05, 0) is 42.0 Å². The molecule has 0 unspecified atom stereocenters. The van der Waals surface area contributed by atoms with E-state index in [1.54, 1.807) is 24.3 Å². The lowest BCUT2D eigenvalue weighted by Crippen LogP contribution is -2.22. The predicted molar refractivity (Wildman–Crippen MR) is 105 cm³/mol. The number of nitrogens with zero attached hydrogens (tertiary/aromatic N) is 1. The molecule has 0 spiro atoms. The summed E-state index contributed by atoms with van der Waals surface area (Å²) in [5.74, 6) is -0.603. The second-order valence-corrected chi connectivity index (χ2v) is 6.00. The number of hydrogen-bond donors (Lipinski definition) is 2. The Hall–Kier alpha value is -4.00. The molecule has 7 heteroatoms. The molecule has 0 aliphatic rings. The van der Waals surface area contributed by atoms with Crippen LogP contribution in [-0.2, 0) is 6.54 Å². The van der Waals surface area contributed by atoms with E-state index in [0.717, 1.165) is 5.56 Å². The maximum absolute atomic E-state index is 12.2. The van der Waals surface area contributed by atoms with Crippen molar-refractivity contribution >= 4 is 23.2 Å². The number of rotatable bonds is 6. The number of carbonyl (C=O) groups is 2. The highest BCUT2D eigenvalue weighted by atomic mass is 16.6. The minimum Gasteiger partial charge on any atom is -0.348 e. The second kappa shape index (κ2) is 8.59. The molecule has 0 aromatic heterocycles. The molecule has 7 nitrogen and oxygen atoms in total. The van der Waals surface area contributed by atoms with Crippen LogP contribution in [0.3, 0.4) is 0 Å². The number of amides is 2. The average molecular weight is 375 g/mol. The molecule has 3 aromatic rings. The van der Waals surface area contributed by atoms with Gasteiger partial charge in [-0.15, -0.1) is 0 Å². The van der Waals surface area contributed by atoms with E-state index in [0.29, 0.717) is 23.4 Å². The molecule has 2 N–H and O–H groups in total. The summed E-state index contributed by atoms with van der Waals surface area (Å²) in [6, 6.07) is 21.4. The number of nitrogens with one attached hydrogen (secondary N) is 2. The first-order chi connectivity index (χ1) is 13.5. The van der Waals surface area contributed by atoms with Gasteiger partial charge in [-0.3, -0.25) is 19.7 Å². The molecule has 0 radical (unpaired) electrons. The van der Waals surface area contributed by atoms with Crippen LogP contribution in [0, 0.1) is 10.1 Å². The smallest absolute Gasteiger partial charge is 0.269 e. The average Bonchev–Trinajstić information content (AvgIpc) is 2.73. The highest BCUT2D eigenvalue weighted by Gasteiger charge is 2.10. The van der Waals surface area contributed by atoms with Gasteiger partial charge in [0.05, 0.1) is 4.92 Å². The van der Waals surface area contributed by atoms with Crippen LogP contribution < -0.4 is 10.6 Å². The summed E-state index contributed by atoms with van der Waals surface area (Å²) in [6.07, 6.45) is 0. The molecule has 28 heavy (non-hydrogen) atoms. The minimum atomic E-state index is -0.525. The summed E-state index contributed by atoms with van der Waals surface area (Å²) in [4.78, 5) is 34.6. The first-order valence-electron chi connectivity index (χ1n) is 8.51. The van der Waals surface area contributed by atoms with Crippen molar-refractivity contribution in [1.82, 2.24) is 5.32 Å². The summed E-state index contributed by atoms with van der Waals surface area (Å²) in [6.45, 7) is 0.429. The summed E-state index contributed by atoms with van der Waals surface area (Å²) in [5, 5.41) is 16.2. The van der Waals surface area contributed by atoms with Crippen molar-refractivity contribution in [3.05, 3.63) is 106 Å². The molecule has 0 saturated carbocycles. The Kier molecular flexibility index (Phi) is 5.76. The fourth-order valence-electron chi connectivity index (χ4n) is 2.52. The molecule has 0 heterocycles. The van der Waals surface area contributed by atoms with Crippen molar-refractivity contribution < 1.29 is 14.5 Å². The van der Waals surface area contributed by atoms with Gasteiger partial charge in [-0.1, -0.05) is 30.3 Å². The Morgan fingerprint density at radius 1 is 0.786 bits per heavy atom. The van der Waals surface area contributed by atoms with Crippen LogP contribution in [0.2, 0.25) is 0 Å². The number of non-ortho nitro benzene ring substituents is 1. The van der Waals surface area contributed by atoms with Gasteiger partial charge in [-0.2, -0.15) is 0 Å². The summed E-state index contributed by atoms with van der Waals surface area (Å²) >= 11 is 0. The zero-order chi connectivity index (χ0) is 19.9. The van der Waals surface area contributed by atoms with E-state index in [1.165, 1.54) is 24.3 Å². The highest BCUT2D eigenvalue weighted by molar-refractivity contribution is 6.04. The first kappa shape index (κ1) is 18.8. The van der Waals surface area contributed by atoms with Gasteiger partial charge in [0.25, 0.3) is 17.5 Å². The van der Waals surface area contributed by atoms with Gasteiger partial charge in [0, 0.05) is 35.5 Å². The lowest BCUT2D eigenvalue weighted by molar-refractivity contribution is -0.384. The Balaban J connectivity index is 1.58. The molecule has 0 atom stereocenters. The molecular formula is C21H17N3O4. The number of carbonyl (C=O) groups excluding carboxylic acids is 2. The molecule has 0 aliphatic heterocycles. The molecule has 140 valence electrons. The van der Waals surface area contributed by atoms with Gasteiger partial charge < -0.3 is 10.6 Å². The van der Waals surface area contributed by atoms with Crippen molar-refractivity contribution in [1.29, 1.82) is 0 Å². The Bertz CT molecular complexity index is 984. The molecule has 0 bridgehead atoms. The first-order valence-corrected chi connectivity index (χ1v) is 8.51. The fourth-order valence-corrected chi connectivity index (χ4v) is 2.52. The van der Waals surface area contributed by atoms with E-state index < -0.39 is 10.8 Å². The molecule has 3 rings (SSSR count). The maximum atomic E-state index is 12.2. The van der Waals surface area contributed by atoms with E-state index >= 15 is 0 Å². The lowest BCUT2D eigenvalue weighted by atomic mass is 10.1. The number of anilines is 1. The van der Waals surface area contributed by atoms with Crippen LogP contribution in [0.15, 0.2) is 78.9 Å². The van der Waals surface area contributed by atoms with Gasteiger partial charge in [0.2, 0.25) is 0 Å². The van der Waals surface area contributed by atoms with Crippen molar-refractivity contribution in [2.24, 2.45) is 0 Å². The van der Waals surface area contributed by atoms with Crippen LogP contribution in [0.1, 0.15) is 26.3 Å². The molecular weight excluding hydrogens is 358 g/mol. The molecule has 0 fully saturated rings. The van der Waals surface area contributed by atoms with Gasteiger partial charge >= 0.3 is 0 Å². The third kappa shape index (κ3) is 4.79. The largest absolute Gasteiger partial charge is 0.348 e. The van der Waals surface area contributed by atoms with Crippen LogP contribution in [0.25, 0.3) is 0 Å². The Labute approximate surface area is 161 Å². The fraction of sp³-hybridized carbons (Fsp3) is 0.0476. The highest BCUT2D eigenvalue weighted by Crippen LogP contribution is 2.15. The van der Waals surface area contributed by atoms with Gasteiger partial charge in [-0.25, -0.2) is 0 Å². The van der Waals surface area contributed by atoms with Gasteiger partial charge in [0.15, 0.2) is 0 Å². The number of benzene rings is 3. The standard InChI is InChI=1S/C21H17N3O4/c25-20(22-14-15-4-2-1-3-5-15)16-6-10-18(11-7-16)23-21(26)17-8-12-19(13-9-17)24(27)28/h1-13H,14H2,(H,22,25)(H,23,26). The topological polar surface area (TPSA) is 101 Å². The van der Waals surface area contributed by atoms with Crippen molar-refractivity contribution in [3.63, 3.8) is 0 Å². The molecule has 0 aliphatic carbocycles. The zero-order valence-corrected chi connectivity index (χ0v) is 14.8. The van der Waals surface area contributed by atoms with E-state index in [-0.39, 0.29) is 11.6 Å². The quantitative estimate of drug-likeness (QED) is 0.506. The lowest BCUT2D eigenvalue weighted by Gasteiger charge is -2.08. The van der Waals surface area contributed by atoms with E-state index in [1.807, 2.05) is 30.3 Å². The Morgan fingerprint density at radius 3 is 1.96 bits per heavy atom. The monoisotopic (exact) mass is 375 g/mol. The SMILES string of the molecule is O=C(NCc1ccccc1)c1ccc(NC(=O)c2ccc([N+](=O)[O-])cc2)cc1. The normalized spacial score (nSPS) is 10.1. The second-order valence-electron chi connectivity index (χ2n) is 6.00. The zero-order valence-electron chi connectivity index (χ0n) is 14.8. The molecule has 2 amide bonds. The Morgan fingerprint density at radius 2 is 1.36 bits per heavy atom. The van der Waals surface area contributed by atoms with E-state index in [4.69, 9.17) is 0 Å². The minimum absolute atomic E-state index is 0.0811. The van der Waals surface area contributed by atoms with Crippen LogP contribution in [0.4, 0.5) is 11.4 Å². The predicted octanol–water partition coefficient (Wildman–Crippen LogP) is 3.78. The van der Waals surface area contributed by atoms with Gasteiger partial charge in [0.1, 0.15) is 0 Å². The number of nitro benzene ring substituents is 1. The third-order valence-electron chi connectivity index (χ3n) is 4.04. The molecule has 3 aromatic carbocycles. The van der Waals surface area contributed by atoms with Crippen LogP contribution in [-0.4, -0.2) is 16.7 Å². The van der Waals surface area contributed by atoms with E-state index in [9.17, 15) is 19.7 Å². The van der Waals surface area contributed by atoms with Crippen molar-refractivity contribution in [2.45, 2.75) is 6.54 Å². The number of hydrogen-bond acceptors (Lipinski definition) is 4. The van der Waals surface area contributed by atoms with E-state index in [2.05, 4.69) is 10.6 Å². The van der Waals surface area contributed by atoms with Crippen LogP contribution >= 0.6 is 0 Å². The maximum Gasteiger partial charge on any atom is 0.269 e. The summed E-state index contributed by atoms with van der Waals surface area (Å²) < 4.78 is 0. The van der Waals surface area contributed by atoms with Crippen LogP contribution in [0.5, 0.6) is 0 Å². The molecule has 0 saturated heterocycles. The number of nitro groups is 1.